The van der Waals surface area contributed by atoms with Crippen LogP contribution in [0.25, 0.3) is 0 Å². The molecule has 1 aromatic carbocycles. The number of phenols is 1. The van der Waals surface area contributed by atoms with Crippen LogP contribution in [-0.4, -0.2) is 47.1 Å². The number of hydrogen-bond donors (Lipinski definition) is 1. The Morgan fingerprint density at radius 2 is 2.05 bits per heavy atom. The van der Waals surface area contributed by atoms with Gasteiger partial charge in [0, 0.05) is 41.8 Å². The van der Waals surface area contributed by atoms with Gasteiger partial charge in [0.1, 0.15) is 5.75 Å². The molecule has 0 radical (unpaired) electrons. The van der Waals surface area contributed by atoms with Crippen molar-refractivity contribution in [2.75, 3.05) is 20.1 Å². The number of likely N-dealkylation sites (N-methyl/N-ethyl adjacent to an activating group) is 1. The molecule has 19 heavy (non-hydrogen) atoms. The number of halogens is 1. The summed E-state index contributed by atoms with van der Waals surface area (Å²) in [5.74, 6) is 0.408. The van der Waals surface area contributed by atoms with E-state index in [-0.39, 0.29) is 0 Å². The molecule has 1 aromatic rings. The number of rotatable bonds is 2. The molecule has 2 saturated heterocycles. The normalized spacial score (nSPS) is 28.5. The van der Waals surface area contributed by atoms with E-state index >= 15 is 0 Å². The third kappa shape index (κ3) is 2.81. The third-order valence-corrected chi connectivity index (χ3v) is 5.16. The van der Waals surface area contributed by atoms with Gasteiger partial charge in [-0.3, -0.25) is 9.80 Å². The molecule has 2 unspecified atom stereocenters. The van der Waals surface area contributed by atoms with Crippen molar-refractivity contribution in [2.24, 2.45) is 0 Å². The molecule has 2 bridgehead atoms. The van der Waals surface area contributed by atoms with Gasteiger partial charge in [-0.25, -0.2) is 0 Å². The summed E-state index contributed by atoms with van der Waals surface area (Å²) in [5, 5.41) is 9.96. The van der Waals surface area contributed by atoms with Gasteiger partial charge in [0.15, 0.2) is 0 Å². The molecular weight excluding hydrogens is 304 g/mol. The van der Waals surface area contributed by atoms with Crippen molar-refractivity contribution in [3.63, 3.8) is 0 Å². The minimum Gasteiger partial charge on any atom is -0.508 e. The second-order valence-electron chi connectivity index (χ2n) is 5.85. The number of fused-ring (bicyclic) bond motifs is 2. The SMILES string of the molecule is CN1C2CCC1CN(Cc1cc(Br)ccc1O)CC2. The van der Waals surface area contributed by atoms with Crippen LogP contribution in [0.4, 0.5) is 0 Å². The molecule has 2 heterocycles. The van der Waals surface area contributed by atoms with E-state index in [0.717, 1.165) is 35.7 Å². The van der Waals surface area contributed by atoms with Crippen molar-refractivity contribution in [2.45, 2.75) is 37.9 Å². The van der Waals surface area contributed by atoms with Crippen molar-refractivity contribution in [3.05, 3.63) is 28.2 Å². The summed E-state index contributed by atoms with van der Waals surface area (Å²) in [6, 6.07) is 7.15. The predicted octanol–water partition coefficient (Wildman–Crippen LogP) is 2.82. The maximum absolute atomic E-state index is 9.96. The zero-order valence-corrected chi connectivity index (χ0v) is 12.9. The monoisotopic (exact) mass is 324 g/mol. The van der Waals surface area contributed by atoms with Crippen molar-refractivity contribution < 1.29 is 5.11 Å². The lowest BCUT2D eigenvalue weighted by molar-refractivity contribution is 0.213. The molecule has 2 aliphatic heterocycles. The summed E-state index contributed by atoms with van der Waals surface area (Å²) < 4.78 is 1.04. The number of phenolic OH excluding ortho intramolecular Hbond substituents is 1. The molecule has 4 heteroatoms. The lowest BCUT2D eigenvalue weighted by Crippen LogP contribution is -2.36. The minimum atomic E-state index is 0.408. The molecule has 0 aromatic heterocycles. The Balaban J connectivity index is 1.72. The number of hydrogen-bond acceptors (Lipinski definition) is 3. The Labute approximate surface area is 123 Å². The standard InChI is InChI=1S/C15H21BrN2O/c1-17-13-3-4-14(17)10-18(7-6-13)9-11-8-12(16)2-5-15(11)19/h2,5,8,13-14,19H,3-4,6-7,9-10H2,1H3. The Hall–Kier alpha value is -0.580. The van der Waals surface area contributed by atoms with Crippen LogP contribution >= 0.6 is 15.9 Å². The van der Waals surface area contributed by atoms with Crippen LogP contribution < -0.4 is 0 Å². The van der Waals surface area contributed by atoms with E-state index in [9.17, 15) is 5.11 Å². The van der Waals surface area contributed by atoms with Crippen LogP contribution in [0.1, 0.15) is 24.8 Å². The molecule has 0 amide bonds. The van der Waals surface area contributed by atoms with Gasteiger partial charge in [0.05, 0.1) is 0 Å². The van der Waals surface area contributed by atoms with Gasteiger partial charge >= 0.3 is 0 Å². The van der Waals surface area contributed by atoms with Crippen molar-refractivity contribution >= 4 is 15.9 Å². The number of nitrogens with zero attached hydrogens (tertiary/aromatic N) is 2. The Bertz CT molecular complexity index is 465. The Morgan fingerprint density at radius 3 is 2.89 bits per heavy atom. The zero-order chi connectivity index (χ0) is 13.4. The van der Waals surface area contributed by atoms with Crippen molar-refractivity contribution in [1.29, 1.82) is 0 Å². The molecule has 2 fully saturated rings. The summed E-state index contributed by atoms with van der Waals surface area (Å²) in [7, 11) is 2.27. The highest BCUT2D eigenvalue weighted by molar-refractivity contribution is 9.10. The molecule has 3 rings (SSSR count). The van der Waals surface area contributed by atoms with Gasteiger partial charge in [-0.2, -0.15) is 0 Å². The van der Waals surface area contributed by atoms with Crippen molar-refractivity contribution in [3.8, 4) is 5.75 Å². The molecule has 0 saturated carbocycles. The van der Waals surface area contributed by atoms with E-state index in [2.05, 4.69) is 32.8 Å². The van der Waals surface area contributed by atoms with Crippen LogP contribution in [0, 0.1) is 0 Å². The smallest absolute Gasteiger partial charge is 0.120 e. The maximum Gasteiger partial charge on any atom is 0.120 e. The molecule has 104 valence electrons. The van der Waals surface area contributed by atoms with Gasteiger partial charge in [0.2, 0.25) is 0 Å². The minimum absolute atomic E-state index is 0.408. The van der Waals surface area contributed by atoms with Crippen molar-refractivity contribution in [1.82, 2.24) is 9.80 Å². The molecular formula is C15H21BrN2O. The Morgan fingerprint density at radius 1 is 1.26 bits per heavy atom. The molecule has 0 spiro atoms. The van der Waals surface area contributed by atoms with Gasteiger partial charge in [0.25, 0.3) is 0 Å². The fraction of sp³-hybridized carbons (Fsp3) is 0.600. The first kappa shape index (κ1) is 13.4. The zero-order valence-electron chi connectivity index (χ0n) is 11.3. The average molecular weight is 325 g/mol. The fourth-order valence-corrected chi connectivity index (χ4v) is 3.85. The summed E-state index contributed by atoms with van der Waals surface area (Å²) in [4.78, 5) is 5.04. The highest BCUT2D eigenvalue weighted by Gasteiger charge is 2.34. The average Bonchev–Trinajstić information content (AvgIpc) is 2.62. The van der Waals surface area contributed by atoms with Crippen LogP contribution in [0.15, 0.2) is 22.7 Å². The molecule has 2 aliphatic rings. The third-order valence-electron chi connectivity index (χ3n) is 4.67. The highest BCUT2D eigenvalue weighted by Crippen LogP contribution is 2.30. The van der Waals surface area contributed by atoms with E-state index in [1.165, 1.54) is 19.3 Å². The summed E-state index contributed by atoms with van der Waals surface area (Å²) >= 11 is 3.48. The van der Waals surface area contributed by atoms with Gasteiger partial charge in [-0.1, -0.05) is 15.9 Å². The number of likely N-dealkylation sites (tertiary alicyclic amines) is 1. The van der Waals surface area contributed by atoms with E-state index in [1.54, 1.807) is 6.07 Å². The van der Waals surface area contributed by atoms with E-state index in [4.69, 9.17) is 0 Å². The van der Waals surface area contributed by atoms with Crippen LogP contribution in [0.3, 0.4) is 0 Å². The van der Waals surface area contributed by atoms with Gasteiger partial charge < -0.3 is 5.11 Å². The molecule has 1 N–H and O–H groups in total. The summed E-state index contributed by atoms with van der Waals surface area (Å²) in [5.41, 5.74) is 1.02. The first-order valence-corrected chi connectivity index (χ1v) is 7.84. The molecule has 3 nitrogen and oxygen atoms in total. The Kier molecular flexibility index (Phi) is 3.83. The summed E-state index contributed by atoms with van der Waals surface area (Å²) in [6.45, 7) is 3.11. The van der Waals surface area contributed by atoms with Gasteiger partial charge in [-0.05, 0) is 44.5 Å². The van der Waals surface area contributed by atoms with E-state index in [0.29, 0.717) is 11.8 Å². The number of benzene rings is 1. The topological polar surface area (TPSA) is 26.7 Å². The fourth-order valence-electron chi connectivity index (χ4n) is 3.44. The second kappa shape index (κ2) is 5.43. The lowest BCUT2D eigenvalue weighted by atomic mass is 10.1. The van der Waals surface area contributed by atoms with Gasteiger partial charge in [-0.15, -0.1) is 0 Å². The first-order valence-electron chi connectivity index (χ1n) is 7.05. The number of aromatic hydroxyl groups is 1. The van der Waals surface area contributed by atoms with E-state index < -0.39 is 0 Å². The quantitative estimate of drug-likeness (QED) is 0.906. The van der Waals surface area contributed by atoms with E-state index in [1.807, 2.05) is 12.1 Å². The van der Waals surface area contributed by atoms with Crippen LogP contribution in [0.5, 0.6) is 5.75 Å². The second-order valence-corrected chi connectivity index (χ2v) is 6.76. The first-order chi connectivity index (χ1) is 9.13. The highest BCUT2D eigenvalue weighted by atomic mass is 79.9. The molecule has 0 aliphatic carbocycles. The lowest BCUT2D eigenvalue weighted by Gasteiger charge is -2.26. The summed E-state index contributed by atoms with van der Waals surface area (Å²) in [6.07, 6.45) is 3.93. The van der Waals surface area contributed by atoms with Crippen LogP contribution in [-0.2, 0) is 6.54 Å². The predicted molar refractivity (Wildman–Crippen MR) is 80.3 cm³/mol. The maximum atomic E-state index is 9.96. The largest absolute Gasteiger partial charge is 0.508 e. The molecule has 2 atom stereocenters. The van der Waals surface area contributed by atoms with Crippen LogP contribution in [0.2, 0.25) is 0 Å².